The second-order valence-electron chi connectivity index (χ2n) is 6.94. The van der Waals surface area contributed by atoms with Gasteiger partial charge in [0.2, 0.25) is 0 Å². The number of hydrogen-bond donors (Lipinski definition) is 3. The number of hydrogen-bond acceptors (Lipinski definition) is 7. The molecule has 3 aromatic rings. The Hall–Kier alpha value is -4.60. The van der Waals surface area contributed by atoms with Crippen molar-refractivity contribution in [2.45, 2.75) is 13.1 Å². The van der Waals surface area contributed by atoms with E-state index in [1.165, 1.54) is 12.5 Å². The summed E-state index contributed by atoms with van der Waals surface area (Å²) in [6.45, 7) is 0.341. The fourth-order valence-electron chi connectivity index (χ4n) is 2.67. The van der Waals surface area contributed by atoms with E-state index >= 15 is 0 Å². The summed E-state index contributed by atoms with van der Waals surface area (Å²) in [4.78, 5) is 35.6. The normalized spacial score (nSPS) is 10.5. The zero-order valence-corrected chi connectivity index (χ0v) is 18.4. The van der Waals surface area contributed by atoms with Crippen molar-refractivity contribution in [3.05, 3.63) is 83.8 Å². The van der Waals surface area contributed by atoms with Crippen molar-refractivity contribution in [3.63, 3.8) is 0 Å². The number of methoxy groups -OCH3 is 1. The van der Waals surface area contributed by atoms with E-state index in [1.807, 2.05) is 0 Å². The van der Waals surface area contributed by atoms with Crippen LogP contribution in [-0.4, -0.2) is 37.7 Å². The van der Waals surface area contributed by atoms with Gasteiger partial charge < -0.3 is 24.5 Å². The molecule has 0 aliphatic carbocycles. The third-order valence-corrected chi connectivity index (χ3v) is 4.49. The molecule has 0 aliphatic rings. The molecule has 3 N–H and O–H groups in total. The number of hydrazone groups is 1. The van der Waals surface area contributed by atoms with Crippen LogP contribution in [0.1, 0.15) is 16.9 Å². The van der Waals surface area contributed by atoms with Gasteiger partial charge in [-0.2, -0.15) is 5.10 Å². The molecule has 2 aromatic carbocycles. The van der Waals surface area contributed by atoms with Crippen LogP contribution in [0.5, 0.6) is 11.5 Å². The van der Waals surface area contributed by atoms with Gasteiger partial charge in [-0.05, 0) is 59.7 Å². The zero-order chi connectivity index (χ0) is 24.2. The Balaban J connectivity index is 1.36. The average molecular weight is 464 g/mol. The molecule has 0 fully saturated rings. The van der Waals surface area contributed by atoms with Crippen molar-refractivity contribution in [2.75, 3.05) is 13.7 Å². The molecule has 0 aliphatic heterocycles. The summed E-state index contributed by atoms with van der Waals surface area (Å²) < 4.78 is 15.6. The third kappa shape index (κ3) is 7.83. The topological polar surface area (TPSA) is 131 Å². The Bertz CT molecular complexity index is 1110. The van der Waals surface area contributed by atoms with Gasteiger partial charge in [0.1, 0.15) is 17.3 Å². The van der Waals surface area contributed by atoms with E-state index in [9.17, 15) is 14.4 Å². The van der Waals surface area contributed by atoms with Crippen LogP contribution in [0.2, 0.25) is 0 Å². The standard InChI is InChI=1S/C24H24N4O6/c1-32-19-8-4-17(5-9-19)13-26-23(30)24(31)28-27-14-18-6-10-20(11-7-18)34-16-22(29)25-15-21-3-2-12-33-21/h2-12,14H,13,15-16H2,1H3,(H,25,29)(H,26,30)(H,28,31)/b27-14-. The molecule has 0 saturated heterocycles. The molecule has 0 bridgehead atoms. The second-order valence-corrected chi connectivity index (χ2v) is 6.94. The molecule has 34 heavy (non-hydrogen) atoms. The van der Waals surface area contributed by atoms with E-state index < -0.39 is 11.8 Å². The number of benzene rings is 2. The van der Waals surface area contributed by atoms with Gasteiger partial charge in [-0.25, -0.2) is 5.43 Å². The lowest BCUT2D eigenvalue weighted by Gasteiger charge is -2.07. The monoisotopic (exact) mass is 464 g/mol. The molecule has 0 saturated carbocycles. The zero-order valence-electron chi connectivity index (χ0n) is 18.4. The molecule has 0 atom stereocenters. The molecule has 10 nitrogen and oxygen atoms in total. The molecule has 3 rings (SSSR count). The predicted octanol–water partition coefficient (Wildman–Crippen LogP) is 1.75. The molecule has 176 valence electrons. The smallest absolute Gasteiger partial charge is 0.329 e. The van der Waals surface area contributed by atoms with E-state index in [-0.39, 0.29) is 25.6 Å². The first-order valence-corrected chi connectivity index (χ1v) is 10.3. The minimum Gasteiger partial charge on any atom is -0.497 e. The quantitative estimate of drug-likeness (QED) is 0.238. The van der Waals surface area contributed by atoms with Crippen LogP contribution in [0.4, 0.5) is 0 Å². The van der Waals surface area contributed by atoms with Crippen LogP contribution >= 0.6 is 0 Å². The highest BCUT2D eigenvalue weighted by molar-refractivity contribution is 6.35. The Kier molecular flexibility index (Phi) is 8.80. The largest absolute Gasteiger partial charge is 0.497 e. The van der Waals surface area contributed by atoms with Gasteiger partial charge in [0.25, 0.3) is 5.91 Å². The molecule has 0 radical (unpaired) electrons. The maximum absolute atomic E-state index is 11.9. The van der Waals surface area contributed by atoms with E-state index in [1.54, 1.807) is 67.8 Å². The van der Waals surface area contributed by atoms with Crippen molar-refractivity contribution < 1.29 is 28.3 Å². The maximum Gasteiger partial charge on any atom is 0.329 e. The fourth-order valence-corrected chi connectivity index (χ4v) is 2.67. The minimum absolute atomic E-state index is 0.143. The Morgan fingerprint density at radius 1 is 0.912 bits per heavy atom. The molecule has 1 aromatic heterocycles. The lowest BCUT2D eigenvalue weighted by molar-refractivity contribution is -0.139. The number of nitrogens with zero attached hydrogens (tertiary/aromatic N) is 1. The van der Waals surface area contributed by atoms with E-state index in [0.29, 0.717) is 22.8 Å². The second kappa shape index (κ2) is 12.4. The summed E-state index contributed by atoms with van der Waals surface area (Å²) in [5.41, 5.74) is 3.66. The lowest BCUT2D eigenvalue weighted by atomic mass is 10.2. The van der Waals surface area contributed by atoms with Crippen molar-refractivity contribution in [3.8, 4) is 11.5 Å². The SMILES string of the molecule is COc1ccc(CNC(=O)C(=O)N/N=C\c2ccc(OCC(=O)NCc3ccco3)cc2)cc1. The number of amides is 3. The third-order valence-electron chi connectivity index (χ3n) is 4.49. The van der Waals surface area contributed by atoms with E-state index in [0.717, 1.165) is 5.56 Å². The van der Waals surface area contributed by atoms with Crippen LogP contribution in [0.15, 0.2) is 76.4 Å². The summed E-state index contributed by atoms with van der Waals surface area (Å²) in [7, 11) is 1.57. The van der Waals surface area contributed by atoms with Gasteiger partial charge in [0, 0.05) is 6.54 Å². The number of ether oxygens (including phenoxy) is 2. The highest BCUT2D eigenvalue weighted by Crippen LogP contribution is 2.12. The highest BCUT2D eigenvalue weighted by Gasteiger charge is 2.12. The Morgan fingerprint density at radius 2 is 1.65 bits per heavy atom. The van der Waals surface area contributed by atoms with Gasteiger partial charge >= 0.3 is 11.8 Å². The van der Waals surface area contributed by atoms with Gasteiger partial charge in [0.15, 0.2) is 6.61 Å². The fraction of sp³-hybridized carbons (Fsp3) is 0.167. The van der Waals surface area contributed by atoms with Crippen LogP contribution in [0, 0.1) is 0 Å². The average Bonchev–Trinajstić information content (AvgIpc) is 3.39. The predicted molar refractivity (Wildman–Crippen MR) is 123 cm³/mol. The summed E-state index contributed by atoms with van der Waals surface area (Å²) in [5, 5.41) is 8.97. The van der Waals surface area contributed by atoms with Crippen LogP contribution < -0.4 is 25.5 Å². The Labute approximate surface area is 195 Å². The molecule has 0 unspecified atom stereocenters. The number of furan rings is 1. The lowest BCUT2D eigenvalue weighted by Crippen LogP contribution is -2.37. The molecular weight excluding hydrogens is 440 g/mol. The van der Waals surface area contributed by atoms with Gasteiger partial charge in [0.05, 0.1) is 26.1 Å². The van der Waals surface area contributed by atoms with Crippen molar-refractivity contribution in [1.82, 2.24) is 16.1 Å². The molecule has 3 amide bonds. The number of carbonyl (C=O) groups excluding carboxylic acids is 3. The van der Waals surface area contributed by atoms with Crippen LogP contribution in [-0.2, 0) is 27.5 Å². The number of nitrogens with one attached hydrogen (secondary N) is 3. The molecule has 10 heteroatoms. The maximum atomic E-state index is 11.9. The first-order valence-electron chi connectivity index (χ1n) is 10.3. The molecule has 1 heterocycles. The highest BCUT2D eigenvalue weighted by atomic mass is 16.5. The summed E-state index contributed by atoms with van der Waals surface area (Å²) in [5.74, 6) is -0.123. The summed E-state index contributed by atoms with van der Waals surface area (Å²) >= 11 is 0. The number of carbonyl (C=O) groups is 3. The van der Waals surface area contributed by atoms with Crippen molar-refractivity contribution >= 4 is 23.9 Å². The minimum atomic E-state index is -0.884. The Morgan fingerprint density at radius 3 is 2.32 bits per heavy atom. The van der Waals surface area contributed by atoms with E-state index in [2.05, 4.69) is 21.2 Å². The van der Waals surface area contributed by atoms with Gasteiger partial charge in [-0.15, -0.1) is 0 Å². The molecule has 0 spiro atoms. The first kappa shape index (κ1) is 24.1. The van der Waals surface area contributed by atoms with Crippen LogP contribution in [0.25, 0.3) is 0 Å². The van der Waals surface area contributed by atoms with Gasteiger partial charge in [-0.1, -0.05) is 12.1 Å². The summed E-state index contributed by atoms with van der Waals surface area (Å²) in [6.07, 6.45) is 2.92. The van der Waals surface area contributed by atoms with Gasteiger partial charge in [-0.3, -0.25) is 14.4 Å². The summed E-state index contributed by atoms with van der Waals surface area (Å²) in [6, 6.07) is 17.3. The van der Waals surface area contributed by atoms with Crippen molar-refractivity contribution in [2.24, 2.45) is 5.10 Å². The van der Waals surface area contributed by atoms with Crippen LogP contribution in [0.3, 0.4) is 0 Å². The van der Waals surface area contributed by atoms with Crippen molar-refractivity contribution in [1.29, 1.82) is 0 Å². The number of rotatable bonds is 10. The van der Waals surface area contributed by atoms with E-state index in [4.69, 9.17) is 13.9 Å². The molecular formula is C24H24N4O6. The first-order chi connectivity index (χ1) is 16.5.